The molecule has 1 aliphatic rings. The number of nitrogens with zero attached hydrogens (tertiary/aromatic N) is 3. The highest BCUT2D eigenvalue weighted by Crippen LogP contribution is 2.22. The van der Waals surface area contributed by atoms with Crippen LogP contribution in [0.4, 0.5) is 4.79 Å². The van der Waals surface area contributed by atoms with Crippen molar-refractivity contribution in [1.29, 1.82) is 0 Å². The molecule has 7 nitrogen and oxygen atoms in total. The molecule has 1 amide bonds. The lowest BCUT2D eigenvalue weighted by atomic mass is 10.1. The van der Waals surface area contributed by atoms with Crippen LogP contribution in [0.2, 0.25) is 0 Å². The first-order chi connectivity index (χ1) is 11.3. The van der Waals surface area contributed by atoms with Gasteiger partial charge in [-0.05, 0) is 32.9 Å². The molecule has 0 spiro atoms. The molecule has 0 saturated carbocycles. The second kappa shape index (κ2) is 7.61. The number of hydrogen-bond donors (Lipinski definition) is 0. The van der Waals surface area contributed by atoms with E-state index in [1.165, 1.54) is 7.11 Å². The molecule has 1 aromatic heterocycles. The zero-order valence-corrected chi connectivity index (χ0v) is 14.7. The fraction of sp³-hybridized carbons (Fsp3) is 0.588. The summed E-state index contributed by atoms with van der Waals surface area (Å²) in [7, 11) is 1.37. The summed E-state index contributed by atoms with van der Waals surface area (Å²) >= 11 is 0. The second-order valence-corrected chi connectivity index (χ2v) is 6.68. The van der Waals surface area contributed by atoms with Crippen LogP contribution in [0.3, 0.4) is 0 Å². The molecule has 0 radical (unpaired) electrons. The Balaban J connectivity index is 2.03. The summed E-state index contributed by atoms with van der Waals surface area (Å²) in [5.74, 6) is -0.348. The van der Waals surface area contributed by atoms with Crippen LogP contribution >= 0.6 is 0 Å². The number of pyridine rings is 1. The van der Waals surface area contributed by atoms with Crippen LogP contribution in [-0.2, 0) is 14.3 Å². The summed E-state index contributed by atoms with van der Waals surface area (Å²) in [4.78, 5) is 32.3. The molecule has 0 aliphatic carbocycles. The van der Waals surface area contributed by atoms with E-state index in [9.17, 15) is 9.59 Å². The predicted molar refractivity (Wildman–Crippen MR) is 88.4 cm³/mol. The molecule has 2 heterocycles. The van der Waals surface area contributed by atoms with Gasteiger partial charge in [-0.3, -0.25) is 9.88 Å². The van der Waals surface area contributed by atoms with E-state index in [0.29, 0.717) is 31.9 Å². The van der Waals surface area contributed by atoms with Gasteiger partial charge in [0.1, 0.15) is 5.60 Å². The first-order valence-corrected chi connectivity index (χ1v) is 8.02. The van der Waals surface area contributed by atoms with E-state index in [1.54, 1.807) is 17.2 Å². The molecule has 1 fully saturated rings. The predicted octanol–water partition coefficient (Wildman–Crippen LogP) is 1.85. The third-order valence-corrected chi connectivity index (χ3v) is 3.72. The Labute approximate surface area is 142 Å². The van der Waals surface area contributed by atoms with Crippen LogP contribution in [0.5, 0.6) is 0 Å². The van der Waals surface area contributed by atoms with E-state index >= 15 is 0 Å². The average Bonchev–Trinajstić information content (AvgIpc) is 2.55. The van der Waals surface area contributed by atoms with Crippen molar-refractivity contribution in [3.8, 4) is 0 Å². The Bertz CT molecular complexity index is 563. The van der Waals surface area contributed by atoms with Crippen molar-refractivity contribution in [3.05, 3.63) is 30.1 Å². The van der Waals surface area contributed by atoms with Crippen LogP contribution in [0, 0.1) is 0 Å². The molecule has 0 N–H and O–H groups in total. The highest BCUT2D eigenvalue weighted by Gasteiger charge is 2.34. The Morgan fingerprint density at radius 2 is 1.83 bits per heavy atom. The molecule has 7 heteroatoms. The summed E-state index contributed by atoms with van der Waals surface area (Å²) in [5.41, 5.74) is 0.131. The van der Waals surface area contributed by atoms with Crippen LogP contribution in [-0.4, -0.2) is 65.7 Å². The van der Waals surface area contributed by atoms with Gasteiger partial charge in [0.25, 0.3) is 0 Å². The number of ether oxygens (including phenoxy) is 2. The maximum atomic E-state index is 12.2. The third kappa shape index (κ3) is 4.67. The summed E-state index contributed by atoms with van der Waals surface area (Å²) in [6, 6.07) is 4.90. The number of carbonyl (C=O) groups excluding carboxylic acids is 2. The number of carbonyl (C=O) groups is 2. The molecule has 1 aromatic rings. The van der Waals surface area contributed by atoms with E-state index in [0.717, 1.165) is 0 Å². The minimum Gasteiger partial charge on any atom is -0.468 e. The summed E-state index contributed by atoms with van der Waals surface area (Å²) in [5, 5.41) is 0. The van der Waals surface area contributed by atoms with Crippen LogP contribution < -0.4 is 0 Å². The Hall–Kier alpha value is -2.15. The van der Waals surface area contributed by atoms with Crippen molar-refractivity contribution in [2.45, 2.75) is 32.4 Å². The first-order valence-electron chi connectivity index (χ1n) is 8.02. The molecule has 0 aromatic carbocycles. The molecular formula is C17H25N3O4. The maximum Gasteiger partial charge on any atom is 0.410 e. The van der Waals surface area contributed by atoms with Crippen LogP contribution in [0.1, 0.15) is 32.5 Å². The quantitative estimate of drug-likeness (QED) is 0.785. The van der Waals surface area contributed by atoms with Crippen molar-refractivity contribution in [2.75, 3.05) is 33.3 Å². The lowest BCUT2D eigenvalue weighted by Gasteiger charge is -2.38. The number of rotatable bonds is 3. The normalized spacial score (nSPS) is 17.2. The van der Waals surface area contributed by atoms with Gasteiger partial charge >= 0.3 is 12.1 Å². The standard InChI is InChI=1S/C17H25N3O4/c1-17(2,3)24-16(22)20-11-9-19(10-12-20)14(15(21)23-4)13-7-5-6-8-18-13/h5-8,14H,9-12H2,1-4H3/t14-/m1/s1. The van der Waals surface area contributed by atoms with Gasteiger partial charge in [0.15, 0.2) is 6.04 Å². The third-order valence-electron chi connectivity index (χ3n) is 3.72. The summed E-state index contributed by atoms with van der Waals surface area (Å²) in [6.07, 6.45) is 1.33. The lowest BCUT2D eigenvalue weighted by Crippen LogP contribution is -2.52. The van der Waals surface area contributed by atoms with Crippen LogP contribution in [0.25, 0.3) is 0 Å². The second-order valence-electron chi connectivity index (χ2n) is 6.68. The minimum absolute atomic E-state index is 0.324. The van der Waals surface area contributed by atoms with Gasteiger partial charge in [0.05, 0.1) is 12.8 Å². The number of esters is 1. The smallest absolute Gasteiger partial charge is 0.410 e. The van der Waals surface area contributed by atoms with Gasteiger partial charge in [0, 0.05) is 32.4 Å². The van der Waals surface area contributed by atoms with Gasteiger partial charge in [-0.15, -0.1) is 0 Å². The number of aromatic nitrogens is 1. The SMILES string of the molecule is COC(=O)[C@@H](c1ccccn1)N1CCN(C(=O)OC(C)(C)C)CC1. The molecule has 0 unspecified atom stereocenters. The monoisotopic (exact) mass is 335 g/mol. The van der Waals surface area contributed by atoms with Gasteiger partial charge in [-0.2, -0.15) is 0 Å². The highest BCUT2D eigenvalue weighted by molar-refractivity contribution is 5.77. The zero-order chi connectivity index (χ0) is 17.7. The summed E-state index contributed by atoms with van der Waals surface area (Å²) in [6.45, 7) is 7.62. The molecule has 1 aliphatic heterocycles. The molecule has 2 rings (SSSR count). The average molecular weight is 335 g/mol. The fourth-order valence-corrected chi connectivity index (χ4v) is 2.60. The highest BCUT2D eigenvalue weighted by atomic mass is 16.6. The largest absolute Gasteiger partial charge is 0.468 e. The van der Waals surface area contributed by atoms with E-state index in [2.05, 4.69) is 4.98 Å². The summed E-state index contributed by atoms with van der Waals surface area (Å²) < 4.78 is 10.3. The first kappa shape index (κ1) is 18.2. The molecule has 0 bridgehead atoms. The van der Waals surface area contributed by atoms with E-state index in [1.807, 2.05) is 37.8 Å². The molecule has 132 valence electrons. The maximum absolute atomic E-state index is 12.2. The Kier molecular flexibility index (Phi) is 5.77. The van der Waals surface area contributed by atoms with Crippen molar-refractivity contribution < 1.29 is 19.1 Å². The number of piperazine rings is 1. The molecular weight excluding hydrogens is 310 g/mol. The van der Waals surface area contributed by atoms with Gasteiger partial charge in [-0.1, -0.05) is 6.07 Å². The van der Waals surface area contributed by atoms with Crippen molar-refractivity contribution >= 4 is 12.1 Å². The van der Waals surface area contributed by atoms with Gasteiger partial charge in [-0.25, -0.2) is 9.59 Å². The number of hydrogen-bond acceptors (Lipinski definition) is 6. The van der Waals surface area contributed by atoms with Gasteiger partial charge < -0.3 is 14.4 Å². The van der Waals surface area contributed by atoms with Crippen molar-refractivity contribution in [1.82, 2.24) is 14.8 Å². The topological polar surface area (TPSA) is 72.0 Å². The van der Waals surface area contributed by atoms with E-state index < -0.39 is 11.6 Å². The Morgan fingerprint density at radius 1 is 1.17 bits per heavy atom. The Morgan fingerprint density at radius 3 is 2.33 bits per heavy atom. The molecule has 24 heavy (non-hydrogen) atoms. The van der Waals surface area contributed by atoms with Gasteiger partial charge in [0.2, 0.25) is 0 Å². The van der Waals surface area contributed by atoms with E-state index in [4.69, 9.17) is 9.47 Å². The van der Waals surface area contributed by atoms with E-state index in [-0.39, 0.29) is 12.1 Å². The van der Waals surface area contributed by atoms with Crippen molar-refractivity contribution in [2.24, 2.45) is 0 Å². The lowest BCUT2D eigenvalue weighted by molar-refractivity contribution is -0.148. The number of methoxy groups -OCH3 is 1. The van der Waals surface area contributed by atoms with Crippen molar-refractivity contribution in [3.63, 3.8) is 0 Å². The molecule has 1 saturated heterocycles. The fourth-order valence-electron chi connectivity index (χ4n) is 2.60. The minimum atomic E-state index is -0.558. The molecule has 1 atom stereocenters. The van der Waals surface area contributed by atoms with Crippen LogP contribution in [0.15, 0.2) is 24.4 Å². The zero-order valence-electron chi connectivity index (χ0n) is 14.7. The number of amides is 1.